The van der Waals surface area contributed by atoms with Crippen molar-refractivity contribution in [2.75, 3.05) is 0 Å². The van der Waals surface area contributed by atoms with Gasteiger partial charge in [-0.25, -0.2) is 0 Å². The van der Waals surface area contributed by atoms with E-state index in [2.05, 4.69) is 5.32 Å². The Balaban J connectivity index is 2.11. The smallest absolute Gasteiger partial charge is 0.180 e. The Morgan fingerprint density at radius 2 is 2.09 bits per heavy atom. The lowest BCUT2D eigenvalue weighted by atomic mass is 9.85. The van der Waals surface area contributed by atoms with Gasteiger partial charge in [0.15, 0.2) is 12.0 Å². The van der Waals surface area contributed by atoms with Gasteiger partial charge in [0, 0.05) is 12.0 Å². The number of fused-ring (bicyclic) bond motifs is 1. The second-order valence-electron chi connectivity index (χ2n) is 3.47. The fourth-order valence-corrected chi connectivity index (χ4v) is 2.16. The molecular formula is C8H13NO2. The van der Waals surface area contributed by atoms with Gasteiger partial charge in [-0.05, 0) is 12.8 Å². The molecule has 2 aliphatic rings. The third-order valence-electron chi connectivity index (χ3n) is 2.77. The summed E-state index contributed by atoms with van der Waals surface area (Å²) in [7, 11) is 0. The topological polar surface area (TPSA) is 49.3 Å². The molecule has 2 N–H and O–H groups in total. The van der Waals surface area contributed by atoms with Crippen molar-refractivity contribution in [3.8, 4) is 0 Å². The molecular weight excluding hydrogens is 142 g/mol. The van der Waals surface area contributed by atoms with Gasteiger partial charge in [-0.2, -0.15) is 0 Å². The average Bonchev–Trinajstić information content (AvgIpc) is 2.30. The summed E-state index contributed by atoms with van der Waals surface area (Å²) in [5, 5.41) is 12.1. The zero-order valence-corrected chi connectivity index (χ0v) is 6.42. The molecule has 3 atom stereocenters. The van der Waals surface area contributed by atoms with E-state index in [-0.39, 0.29) is 17.7 Å². The molecule has 1 aliphatic carbocycles. The number of Topliss-reactive ketones (excluding diaryl/α,β-unsaturated/α-hetero) is 1. The summed E-state index contributed by atoms with van der Waals surface area (Å²) in [6.07, 6.45) is 3.47. The number of rotatable bonds is 0. The molecule has 0 unspecified atom stereocenters. The van der Waals surface area contributed by atoms with Crippen LogP contribution in [0.5, 0.6) is 0 Å². The van der Waals surface area contributed by atoms with Crippen LogP contribution in [0.25, 0.3) is 0 Å². The van der Waals surface area contributed by atoms with E-state index in [0.717, 1.165) is 19.3 Å². The number of nitrogens with one attached hydrogen (secondary N) is 1. The van der Waals surface area contributed by atoms with Gasteiger partial charge in [-0.1, -0.05) is 12.8 Å². The molecule has 3 nitrogen and oxygen atoms in total. The number of carbonyl (C=O) groups is 1. The van der Waals surface area contributed by atoms with Crippen LogP contribution in [0.1, 0.15) is 25.7 Å². The maximum atomic E-state index is 11.2. The van der Waals surface area contributed by atoms with Crippen molar-refractivity contribution in [3.05, 3.63) is 0 Å². The second-order valence-corrected chi connectivity index (χ2v) is 3.47. The average molecular weight is 155 g/mol. The molecule has 1 aliphatic heterocycles. The first-order chi connectivity index (χ1) is 5.29. The van der Waals surface area contributed by atoms with Crippen LogP contribution < -0.4 is 5.32 Å². The van der Waals surface area contributed by atoms with Crippen molar-refractivity contribution in [2.45, 2.75) is 38.0 Å². The zero-order chi connectivity index (χ0) is 7.84. The van der Waals surface area contributed by atoms with E-state index in [4.69, 9.17) is 5.11 Å². The largest absolute Gasteiger partial charge is 0.371 e. The van der Waals surface area contributed by atoms with Crippen molar-refractivity contribution in [1.29, 1.82) is 0 Å². The van der Waals surface area contributed by atoms with Crippen LogP contribution in [-0.2, 0) is 4.79 Å². The van der Waals surface area contributed by atoms with E-state index in [1.807, 2.05) is 0 Å². The molecule has 0 aromatic carbocycles. The SMILES string of the molecule is O=C1[C@H](O)N[C@@H]2CCCC[C@H]12. The third-order valence-corrected chi connectivity index (χ3v) is 2.77. The summed E-state index contributed by atoms with van der Waals surface area (Å²) in [6.45, 7) is 0. The highest BCUT2D eigenvalue weighted by molar-refractivity contribution is 5.87. The van der Waals surface area contributed by atoms with Crippen molar-refractivity contribution >= 4 is 5.78 Å². The van der Waals surface area contributed by atoms with Gasteiger partial charge >= 0.3 is 0 Å². The number of hydrogen-bond donors (Lipinski definition) is 2. The predicted octanol–water partition coefficient (Wildman–Crippen LogP) is 0.0359. The minimum Gasteiger partial charge on any atom is -0.371 e. The minimum atomic E-state index is -0.872. The van der Waals surface area contributed by atoms with Gasteiger partial charge in [-0.15, -0.1) is 0 Å². The standard InChI is InChI=1S/C8H13NO2/c10-7-5-3-1-2-4-6(5)9-8(7)11/h5-6,8-9,11H,1-4H2/t5-,6+,8-/m0/s1. The molecule has 62 valence electrons. The lowest BCUT2D eigenvalue weighted by Crippen LogP contribution is -2.32. The van der Waals surface area contributed by atoms with Crippen LogP contribution in [0.15, 0.2) is 0 Å². The van der Waals surface area contributed by atoms with E-state index in [9.17, 15) is 4.79 Å². The monoisotopic (exact) mass is 155 g/mol. The summed E-state index contributed by atoms with van der Waals surface area (Å²) in [5.41, 5.74) is 0. The molecule has 3 heteroatoms. The minimum absolute atomic E-state index is 0.00898. The third kappa shape index (κ3) is 1.08. The van der Waals surface area contributed by atoms with E-state index >= 15 is 0 Å². The molecule has 2 rings (SSSR count). The van der Waals surface area contributed by atoms with Gasteiger partial charge in [0.1, 0.15) is 0 Å². The Kier molecular flexibility index (Phi) is 1.69. The fourth-order valence-electron chi connectivity index (χ4n) is 2.16. The molecule has 0 radical (unpaired) electrons. The molecule has 0 aromatic heterocycles. The van der Waals surface area contributed by atoms with Crippen LogP contribution in [-0.4, -0.2) is 23.2 Å². The molecule has 1 saturated carbocycles. The number of ketones is 1. The normalized spacial score (nSPS) is 44.1. The van der Waals surface area contributed by atoms with Crippen LogP contribution in [0.2, 0.25) is 0 Å². The Bertz CT molecular complexity index is 181. The quantitative estimate of drug-likeness (QED) is 0.519. The highest BCUT2D eigenvalue weighted by Gasteiger charge is 2.41. The number of hydrogen-bond acceptors (Lipinski definition) is 3. The lowest BCUT2D eigenvalue weighted by molar-refractivity contribution is -0.128. The van der Waals surface area contributed by atoms with Gasteiger partial charge in [0.05, 0.1) is 0 Å². The maximum Gasteiger partial charge on any atom is 0.180 e. The van der Waals surface area contributed by atoms with Gasteiger partial charge in [-0.3, -0.25) is 10.1 Å². The van der Waals surface area contributed by atoms with Crippen molar-refractivity contribution in [2.24, 2.45) is 5.92 Å². The molecule has 0 spiro atoms. The van der Waals surface area contributed by atoms with Crippen molar-refractivity contribution in [3.63, 3.8) is 0 Å². The van der Waals surface area contributed by atoms with Gasteiger partial charge < -0.3 is 5.11 Å². The maximum absolute atomic E-state index is 11.2. The molecule has 0 bridgehead atoms. The van der Waals surface area contributed by atoms with E-state index in [0.29, 0.717) is 0 Å². The summed E-state index contributed by atoms with van der Waals surface area (Å²) < 4.78 is 0. The molecule has 11 heavy (non-hydrogen) atoms. The predicted molar refractivity (Wildman–Crippen MR) is 39.9 cm³/mol. The van der Waals surface area contributed by atoms with E-state index in [1.54, 1.807) is 0 Å². The molecule has 2 fully saturated rings. The first-order valence-electron chi connectivity index (χ1n) is 4.27. The number of carbonyl (C=O) groups excluding carboxylic acids is 1. The van der Waals surface area contributed by atoms with Crippen molar-refractivity contribution < 1.29 is 9.90 Å². The second kappa shape index (κ2) is 2.57. The Labute approximate surface area is 65.8 Å². The van der Waals surface area contributed by atoms with E-state index < -0.39 is 6.23 Å². The Hall–Kier alpha value is -0.410. The lowest BCUT2D eigenvalue weighted by Gasteiger charge is -2.22. The molecule has 1 heterocycles. The molecule has 1 saturated heterocycles. The van der Waals surface area contributed by atoms with Gasteiger partial charge in [0.2, 0.25) is 0 Å². The highest BCUT2D eigenvalue weighted by Crippen LogP contribution is 2.29. The fraction of sp³-hybridized carbons (Fsp3) is 0.875. The first kappa shape index (κ1) is 7.25. The van der Waals surface area contributed by atoms with Crippen LogP contribution in [0, 0.1) is 5.92 Å². The van der Waals surface area contributed by atoms with Crippen LogP contribution in [0.3, 0.4) is 0 Å². The zero-order valence-electron chi connectivity index (χ0n) is 6.42. The van der Waals surface area contributed by atoms with Crippen LogP contribution in [0.4, 0.5) is 0 Å². The Morgan fingerprint density at radius 1 is 1.36 bits per heavy atom. The summed E-state index contributed by atoms with van der Waals surface area (Å²) in [6, 6.07) is 0.270. The molecule has 0 amide bonds. The first-order valence-corrected chi connectivity index (χ1v) is 4.27. The van der Waals surface area contributed by atoms with E-state index in [1.165, 1.54) is 6.42 Å². The summed E-state index contributed by atoms with van der Waals surface area (Å²) in [4.78, 5) is 11.2. The number of aliphatic hydroxyl groups excluding tert-OH is 1. The summed E-state index contributed by atoms with van der Waals surface area (Å²) >= 11 is 0. The Morgan fingerprint density at radius 3 is 2.82 bits per heavy atom. The highest BCUT2D eigenvalue weighted by atomic mass is 16.3. The number of aliphatic hydroxyl groups is 1. The van der Waals surface area contributed by atoms with Crippen molar-refractivity contribution in [1.82, 2.24) is 5.32 Å². The summed E-state index contributed by atoms with van der Waals surface area (Å²) in [5.74, 6) is 0.119. The molecule has 0 aromatic rings. The van der Waals surface area contributed by atoms with Gasteiger partial charge in [0.25, 0.3) is 0 Å². The van der Waals surface area contributed by atoms with Crippen LogP contribution >= 0.6 is 0 Å².